The first-order chi connectivity index (χ1) is 10.3. The van der Waals surface area contributed by atoms with E-state index in [1.54, 1.807) is 6.20 Å². The number of carbonyl (C=O) groups excluding carboxylic acids is 1. The number of hydrogen-bond donors (Lipinski definition) is 2. The summed E-state index contributed by atoms with van der Waals surface area (Å²) in [4.78, 5) is 13.9. The van der Waals surface area contributed by atoms with E-state index in [0.29, 0.717) is 12.5 Å². The number of hydrogen-bond acceptors (Lipinski definition) is 5. The number of aromatic nitrogens is 2. The smallest absolute Gasteiger partial charge is 0.407 e. The SMILES string of the molecule is Cn1ncc(N)c1N1CCC(CCNC(=O)OC(C)(C)C)C1. The Hall–Kier alpha value is -1.92. The van der Waals surface area contributed by atoms with Crippen molar-refractivity contribution in [2.45, 2.75) is 39.2 Å². The fourth-order valence-electron chi connectivity index (χ4n) is 2.79. The Morgan fingerprint density at radius 1 is 1.55 bits per heavy atom. The maximum absolute atomic E-state index is 11.6. The maximum Gasteiger partial charge on any atom is 0.407 e. The van der Waals surface area contributed by atoms with E-state index >= 15 is 0 Å². The topological polar surface area (TPSA) is 85.4 Å². The van der Waals surface area contributed by atoms with Crippen LogP contribution in [-0.2, 0) is 11.8 Å². The monoisotopic (exact) mass is 309 g/mol. The van der Waals surface area contributed by atoms with Gasteiger partial charge in [-0.05, 0) is 39.5 Å². The summed E-state index contributed by atoms with van der Waals surface area (Å²) in [6, 6.07) is 0. The number of nitrogens with two attached hydrogens (primary N) is 1. The molecule has 1 atom stereocenters. The fourth-order valence-corrected chi connectivity index (χ4v) is 2.79. The van der Waals surface area contributed by atoms with Crippen molar-refractivity contribution in [2.24, 2.45) is 13.0 Å². The average Bonchev–Trinajstić information content (AvgIpc) is 2.94. The van der Waals surface area contributed by atoms with Crippen molar-refractivity contribution in [1.82, 2.24) is 15.1 Å². The van der Waals surface area contributed by atoms with E-state index < -0.39 is 5.60 Å². The zero-order valence-electron chi connectivity index (χ0n) is 13.9. The number of carbonyl (C=O) groups is 1. The number of alkyl carbamates (subject to hydrolysis) is 1. The fraction of sp³-hybridized carbons (Fsp3) is 0.733. The van der Waals surface area contributed by atoms with Gasteiger partial charge >= 0.3 is 6.09 Å². The molecule has 1 aliphatic rings. The highest BCUT2D eigenvalue weighted by atomic mass is 16.6. The average molecular weight is 309 g/mol. The third-order valence-electron chi connectivity index (χ3n) is 3.74. The van der Waals surface area contributed by atoms with Gasteiger partial charge in [0.05, 0.1) is 11.9 Å². The summed E-state index contributed by atoms with van der Waals surface area (Å²) < 4.78 is 7.04. The molecule has 1 aliphatic heterocycles. The van der Waals surface area contributed by atoms with Crippen LogP contribution in [0.3, 0.4) is 0 Å². The van der Waals surface area contributed by atoms with Crippen LogP contribution in [0, 0.1) is 5.92 Å². The lowest BCUT2D eigenvalue weighted by Gasteiger charge is -2.21. The minimum Gasteiger partial charge on any atom is -0.444 e. The molecule has 3 N–H and O–H groups in total. The van der Waals surface area contributed by atoms with Crippen LogP contribution in [0.4, 0.5) is 16.3 Å². The zero-order chi connectivity index (χ0) is 16.3. The Balaban J connectivity index is 1.74. The summed E-state index contributed by atoms with van der Waals surface area (Å²) in [5, 5.41) is 7.00. The van der Waals surface area contributed by atoms with Crippen molar-refractivity contribution in [2.75, 3.05) is 30.3 Å². The predicted molar refractivity (Wildman–Crippen MR) is 86.8 cm³/mol. The highest BCUT2D eigenvalue weighted by molar-refractivity contribution is 5.67. The van der Waals surface area contributed by atoms with E-state index in [4.69, 9.17) is 10.5 Å². The molecule has 22 heavy (non-hydrogen) atoms. The van der Waals surface area contributed by atoms with Gasteiger partial charge in [-0.25, -0.2) is 4.79 Å². The van der Waals surface area contributed by atoms with Gasteiger partial charge in [0.25, 0.3) is 0 Å². The second-order valence-corrected chi connectivity index (χ2v) is 6.87. The van der Waals surface area contributed by atoms with Crippen molar-refractivity contribution in [3.05, 3.63) is 6.20 Å². The molecule has 2 heterocycles. The maximum atomic E-state index is 11.6. The highest BCUT2D eigenvalue weighted by Crippen LogP contribution is 2.29. The number of amides is 1. The summed E-state index contributed by atoms with van der Waals surface area (Å²) in [5.41, 5.74) is 6.23. The molecule has 2 rings (SSSR count). The summed E-state index contributed by atoms with van der Waals surface area (Å²) in [6.07, 6.45) is 3.37. The first-order valence-corrected chi connectivity index (χ1v) is 7.75. The van der Waals surface area contributed by atoms with Crippen LogP contribution >= 0.6 is 0 Å². The van der Waals surface area contributed by atoms with Gasteiger partial charge in [0.1, 0.15) is 11.4 Å². The second-order valence-electron chi connectivity index (χ2n) is 6.87. The van der Waals surface area contributed by atoms with E-state index in [9.17, 15) is 4.79 Å². The molecule has 0 spiro atoms. The van der Waals surface area contributed by atoms with E-state index in [1.807, 2.05) is 32.5 Å². The quantitative estimate of drug-likeness (QED) is 0.885. The first-order valence-electron chi connectivity index (χ1n) is 7.75. The molecule has 0 aromatic carbocycles. The Morgan fingerprint density at radius 2 is 2.27 bits per heavy atom. The predicted octanol–water partition coefficient (Wildman–Crippen LogP) is 1.74. The Kier molecular flexibility index (Phi) is 4.83. The summed E-state index contributed by atoms with van der Waals surface area (Å²) in [5.74, 6) is 1.53. The molecule has 1 fully saturated rings. The van der Waals surface area contributed by atoms with Gasteiger partial charge < -0.3 is 20.7 Å². The normalized spacial score (nSPS) is 18.5. The molecule has 1 aromatic heterocycles. The van der Waals surface area contributed by atoms with Crippen molar-refractivity contribution in [3.63, 3.8) is 0 Å². The van der Waals surface area contributed by atoms with Gasteiger partial charge in [0, 0.05) is 26.7 Å². The lowest BCUT2D eigenvalue weighted by molar-refractivity contribution is 0.0525. The van der Waals surface area contributed by atoms with Gasteiger partial charge in [-0.15, -0.1) is 0 Å². The van der Waals surface area contributed by atoms with E-state index in [1.165, 1.54) is 0 Å². The molecule has 1 saturated heterocycles. The zero-order valence-corrected chi connectivity index (χ0v) is 13.9. The number of rotatable bonds is 4. The van der Waals surface area contributed by atoms with Crippen LogP contribution in [-0.4, -0.2) is 41.1 Å². The Bertz CT molecular complexity index is 501. The molecule has 1 aromatic rings. The van der Waals surface area contributed by atoms with Crippen LogP contribution in [0.1, 0.15) is 33.6 Å². The number of nitrogens with zero attached hydrogens (tertiary/aromatic N) is 3. The van der Waals surface area contributed by atoms with Crippen molar-refractivity contribution in [1.29, 1.82) is 0 Å². The number of aryl methyl sites for hydroxylation is 1. The molecule has 0 aliphatic carbocycles. The summed E-state index contributed by atoms with van der Waals surface area (Å²) >= 11 is 0. The van der Waals surface area contributed by atoms with Gasteiger partial charge in [-0.3, -0.25) is 4.68 Å². The van der Waals surface area contributed by atoms with Gasteiger partial charge in [-0.1, -0.05) is 0 Å². The number of ether oxygens (including phenoxy) is 1. The number of nitrogen functional groups attached to an aromatic ring is 1. The molecule has 7 nitrogen and oxygen atoms in total. The molecule has 0 saturated carbocycles. The standard InChI is InChI=1S/C15H27N5O2/c1-15(2,3)22-14(21)17-7-5-11-6-8-20(10-11)13-12(16)9-18-19(13)4/h9,11H,5-8,10,16H2,1-4H3,(H,17,21). The third-order valence-corrected chi connectivity index (χ3v) is 3.74. The molecule has 1 amide bonds. The number of anilines is 2. The second kappa shape index (κ2) is 6.46. The largest absolute Gasteiger partial charge is 0.444 e. The van der Waals surface area contributed by atoms with Gasteiger partial charge in [0.15, 0.2) is 0 Å². The van der Waals surface area contributed by atoms with Crippen LogP contribution in [0.2, 0.25) is 0 Å². The van der Waals surface area contributed by atoms with Gasteiger partial charge in [-0.2, -0.15) is 5.10 Å². The molecule has 124 valence electrons. The molecule has 7 heteroatoms. The van der Waals surface area contributed by atoms with Crippen LogP contribution in [0.15, 0.2) is 6.20 Å². The Labute approximate surface area is 131 Å². The summed E-state index contributed by atoms with van der Waals surface area (Å²) in [6.45, 7) is 8.13. The molecule has 0 bridgehead atoms. The third kappa shape index (κ3) is 4.29. The van der Waals surface area contributed by atoms with E-state index in [-0.39, 0.29) is 6.09 Å². The van der Waals surface area contributed by atoms with Crippen LogP contribution in [0.5, 0.6) is 0 Å². The van der Waals surface area contributed by atoms with Crippen molar-refractivity contribution in [3.8, 4) is 0 Å². The van der Waals surface area contributed by atoms with Crippen molar-refractivity contribution < 1.29 is 9.53 Å². The molecular weight excluding hydrogens is 282 g/mol. The van der Waals surface area contributed by atoms with E-state index in [0.717, 1.165) is 37.4 Å². The molecule has 0 radical (unpaired) electrons. The van der Waals surface area contributed by atoms with E-state index in [2.05, 4.69) is 15.3 Å². The van der Waals surface area contributed by atoms with Crippen molar-refractivity contribution >= 4 is 17.6 Å². The van der Waals surface area contributed by atoms with Crippen LogP contribution < -0.4 is 16.0 Å². The first kappa shape index (κ1) is 16.5. The minimum absolute atomic E-state index is 0.349. The van der Waals surface area contributed by atoms with Crippen LogP contribution in [0.25, 0.3) is 0 Å². The summed E-state index contributed by atoms with van der Waals surface area (Å²) in [7, 11) is 1.91. The minimum atomic E-state index is -0.453. The molecular formula is C15H27N5O2. The van der Waals surface area contributed by atoms with Gasteiger partial charge in [0.2, 0.25) is 0 Å². The lowest BCUT2D eigenvalue weighted by atomic mass is 10.1. The highest BCUT2D eigenvalue weighted by Gasteiger charge is 2.26. The number of nitrogens with one attached hydrogen (secondary N) is 1. The lowest BCUT2D eigenvalue weighted by Crippen LogP contribution is -2.33. The molecule has 1 unspecified atom stereocenters. The Morgan fingerprint density at radius 3 is 2.86 bits per heavy atom.